The summed E-state index contributed by atoms with van der Waals surface area (Å²) in [6.07, 6.45) is 3.39. The van der Waals surface area contributed by atoms with Crippen molar-refractivity contribution in [3.8, 4) is 5.75 Å². The van der Waals surface area contributed by atoms with E-state index in [0.717, 1.165) is 56.2 Å². The highest BCUT2D eigenvalue weighted by atomic mass is 35.5. The normalized spacial score (nSPS) is 18.4. The summed E-state index contributed by atoms with van der Waals surface area (Å²) in [6, 6.07) is 5.94. The van der Waals surface area contributed by atoms with Gasteiger partial charge in [-0.15, -0.1) is 0 Å². The molecule has 0 bridgehead atoms. The minimum absolute atomic E-state index is 0.266. The van der Waals surface area contributed by atoms with Gasteiger partial charge in [0.2, 0.25) is 0 Å². The van der Waals surface area contributed by atoms with Gasteiger partial charge in [0.1, 0.15) is 11.9 Å². The van der Waals surface area contributed by atoms with Crippen LogP contribution in [0, 0.1) is 0 Å². The molecule has 2 rings (SSSR count). The van der Waals surface area contributed by atoms with Gasteiger partial charge >= 0.3 is 0 Å². The Morgan fingerprint density at radius 1 is 1.40 bits per heavy atom. The third-order valence-electron chi connectivity index (χ3n) is 3.46. The molecule has 0 amide bonds. The molecule has 0 saturated carbocycles. The van der Waals surface area contributed by atoms with Crippen molar-refractivity contribution in [2.45, 2.75) is 25.4 Å². The monoisotopic (exact) mass is 297 g/mol. The molecule has 112 valence electrons. The first-order valence-corrected chi connectivity index (χ1v) is 7.74. The largest absolute Gasteiger partial charge is 0.489 e. The van der Waals surface area contributed by atoms with E-state index in [4.69, 9.17) is 22.1 Å². The summed E-state index contributed by atoms with van der Waals surface area (Å²) in [5.41, 5.74) is 6.68. The molecule has 0 radical (unpaired) electrons. The van der Waals surface area contributed by atoms with Crippen molar-refractivity contribution in [2.75, 3.05) is 32.7 Å². The van der Waals surface area contributed by atoms with Crippen molar-refractivity contribution in [2.24, 2.45) is 5.73 Å². The van der Waals surface area contributed by atoms with Crippen molar-refractivity contribution >= 4 is 11.6 Å². The smallest absolute Gasteiger partial charge is 0.124 e. The molecule has 1 heterocycles. The highest BCUT2D eigenvalue weighted by Crippen LogP contribution is 2.26. The van der Waals surface area contributed by atoms with Crippen molar-refractivity contribution in [3.63, 3.8) is 0 Å². The van der Waals surface area contributed by atoms with Crippen LogP contribution >= 0.6 is 11.6 Å². The van der Waals surface area contributed by atoms with Crippen molar-refractivity contribution in [1.82, 2.24) is 10.6 Å². The number of ether oxygens (including phenoxy) is 1. The molecule has 0 aliphatic carbocycles. The number of halogens is 1. The number of hydrogen-bond acceptors (Lipinski definition) is 4. The Morgan fingerprint density at radius 3 is 3.05 bits per heavy atom. The molecule has 4 N–H and O–H groups in total. The molecule has 0 aromatic heterocycles. The fourth-order valence-electron chi connectivity index (χ4n) is 2.38. The van der Waals surface area contributed by atoms with Crippen LogP contribution in [-0.4, -0.2) is 38.8 Å². The van der Waals surface area contributed by atoms with Crippen LogP contribution in [0.15, 0.2) is 18.2 Å². The van der Waals surface area contributed by atoms with Crippen LogP contribution in [0.25, 0.3) is 0 Å². The average molecular weight is 298 g/mol. The second-order valence-corrected chi connectivity index (χ2v) is 5.56. The molecule has 1 aliphatic heterocycles. The van der Waals surface area contributed by atoms with Gasteiger partial charge in [0, 0.05) is 24.7 Å². The van der Waals surface area contributed by atoms with Crippen LogP contribution in [-0.2, 0) is 6.42 Å². The molecule has 20 heavy (non-hydrogen) atoms. The molecule has 0 spiro atoms. The standard InChI is InChI=1S/C15H24ClN3O/c16-13-4-3-12(2-1-7-18-9-6-17)15(10-13)20-14-5-8-19-11-14/h3-4,10,14,18-19H,1-2,5-9,11,17H2. The van der Waals surface area contributed by atoms with Gasteiger partial charge in [-0.25, -0.2) is 0 Å². The Hall–Kier alpha value is -0.810. The zero-order valence-corrected chi connectivity index (χ0v) is 12.6. The van der Waals surface area contributed by atoms with Crippen molar-refractivity contribution in [3.05, 3.63) is 28.8 Å². The molecule has 1 aromatic rings. The summed E-state index contributed by atoms with van der Waals surface area (Å²) in [6.45, 7) is 4.49. The quantitative estimate of drug-likeness (QED) is 0.638. The van der Waals surface area contributed by atoms with E-state index < -0.39 is 0 Å². The first-order chi connectivity index (χ1) is 9.79. The number of benzene rings is 1. The third kappa shape index (κ3) is 4.94. The second-order valence-electron chi connectivity index (χ2n) is 5.13. The Kier molecular flexibility index (Phi) is 6.60. The first kappa shape index (κ1) is 15.6. The molecule has 1 atom stereocenters. The fourth-order valence-corrected chi connectivity index (χ4v) is 2.55. The molecule has 4 nitrogen and oxygen atoms in total. The van der Waals surface area contributed by atoms with E-state index in [2.05, 4.69) is 16.7 Å². The molecular formula is C15H24ClN3O. The number of nitrogens with two attached hydrogens (primary N) is 1. The lowest BCUT2D eigenvalue weighted by Gasteiger charge is -2.16. The molecule has 1 fully saturated rings. The van der Waals surface area contributed by atoms with Crippen LogP contribution in [0.3, 0.4) is 0 Å². The number of hydrogen-bond donors (Lipinski definition) is 3. The lowest BCUT2D eigenvalue weighted by molar-refractivity contribution is 0.221. The highest BCUT2D eigenvalue weighted by Gasteiger charge is 2.17. The van der Waals surface area contributed by atoms with E-state index in [0.29, 0.717) is 6.54 Å². The fraction of sp³-hybridized carbons (Fsp3) is 0.600. The van der Waals surface area contributed by atoms with E-state index in [1.165, 1.54) is 5.56 Å². The van der Waals surface area contributed by atoms with Gasteiger partial charge < -0.3 is 21.1 Å². The molecule has 1 unspecified atom stereocenters. The Morgan fingerprint density at radius 2 is 2.30 bits per heavy atom. The number of aryl methyl sites for hydroxylation is 1. The van der Waals surface area contributed by atoms with Gasteiger partial charge in [-0.2, -0.15) is 0 Å². The van der Waals surface area contributed by atoms with Gasteiger partial charge in [0.25, 0.3) is 0 Å². The minimum Gasteiger partial charge on any atom is -0.489 e. The summed E-state index contributed by atoms with van der Waals surface area (Å²) in [5, 5.41) is 7.35. The van der Waals surface area contributed by atoms with Gasteiger partial charge in [-0.1, -0.05) is 17.7 Å². The SMILES string of the molecule is NCCNCCCc1ccc(Cl)cc1OC1CCNC1. The molecule has 5 heteroatoms. The lowest BCUT2D eigenvalue weighted by atomic mass is 10.1. The third-order valence-corrected chi connectivity index (χ3v) is 3.69. The van der Waals surface area contributed by atoms with Crippen LogP contribution in [0.4, 0.5) is 0 Å². The Bertz CT molecular complexity index is 408. The molecule has 1 aromatic carbocycles. The van der Waals surface area contributed by atoms with E-state index in [1.54, 1.807) is 0 Å². The summed E-state index contributed by atoms with van der Waals surface area (Å²) in [4.78, 5) is 0. The summed E-state index contributed by atoms with van der Waals surface area (Å²) < 4.78 is 6.08. The maximum Gasteiger partial charge on any atom is 0.124 e. The predicted molar refractivity (Wildman–Crippen MR) is 83.6 cm³/mol. The van der Waals surface area contributed by atoms with Crippen LogP contribution in [0.1, 0.15) is 18.4 Å². The van der Waals surface area contributed by atoms with Gasteiger partial charge in [-0.3, -0.25) is 0 Å². The van der Waals surface area contributed by atoms with E-state index >= 15 is 0 Å². The van der Waals surface area contributed by atoms with Gasteiger partial charge in [0.05, 0.1) is 0 Å². The van der Waals surface area contributed by atoms with Crippen LogP contribution < -0.4 is 21.1 Å². The maximum absolute atomic E-state index is 6.08. The Labute approximate surface area is 126 Å². The van der Waals surface area contributed by atoms with Gasteiger partial charge in [-0.05, 0) is 50.0 Å². The first-order valence-electron chi connectivity index (χ1n) is 7.36. The molecular weight excluding hydrogens is 274 g/mol. The van der Waals surface area contributed by atoms with Crippen molar-refractivity contribution in [1.29, 1.82) is 0 Å². The lowest BCUT2D eigenvalue weighted by Crippen LogP contribution is -2.23. The molecule has 1 aliphatic rings. The molecule has 1 saturated heterocycles. The van der Waals surface area contributed by atoms with Gasteiger partial charge in [0.15, 0.2) is 0 Å². The van der Waals surface area contributed by atoms with E-state index in [1.807, 2.05) is 12.1 Å². The minimum atomic E-state index is 0.266. The predicted octanol–water partition coefficient (Wildman–Crippen LogP) is 1.56. The zero-order chi connectivity index (χ0) is 14.2. The van der Waals surface area contributed by atoms with E-state index in [9.17, 15) is 0 Å². The van der Waals surface area contributed by atoms with Crippen LogP contribution in [0.5, 0.6) is 5.75 Å². The second kappa shape index (κ2) is 8.47. The Balaban J connectivity index is 1.89. The number of nitrogens with one attached hydrogen (secondary N) is 2. The van der Waals surface area contributed by atoms with Crippen molar-refractivity contribution < 1.29 is 4.74 Å². The highest BCUT2D eigenvalue weighted by molar-refractivity contribution is 6.30. The maximum atomic E-state index is 6.08. The topological polar surface area (TPSA) is 59.3 Å². The van der Waals surface area contributed by atoms with E-state index in [-0.39, 0.29) is 6.10 Å². The zero-order valence-electron chi connectivity index (χ0n) is 11.8. The van der Waals surface area contributed by atoms with Crippen LogP contribution in [0.2, 0.25) is 5.02 Å². The summed E-state index contributed by atoms with van der Waals surface area (Å²) in [7, 11) is 0. The number of rotatable bonds is 8. The summed E-state index contributed by atoms with van der Waals surface area (Å²) >= 11 is 6.08. The summed E-state index contributed by atoms with van der Waals surface area (Å²) in [5.74, 6) is 0.935. The average Bonchev–Trinajstić information content (AvgIpc) is 2.94.